The molecule has 5 amide bonds. The zero-order valence-corrected chi connectivity index (χ0v) is 72.0. The third kappa shape index (κ3) is 25.1. The van der Waals surface area contributed by atoms with Gasteiger partial charge in [-0.2, -0.15) is 0 Å². The van der Waals surface area contributed by atoms with Crippen molar-refractivity contribution in [3.05, 3.63) is 272 Å². The van der Waals surface area contributed by atoms with Crippen LogP contribution >= 0.6 is 0 Å². The van der Waals surface area contributed by atoms with Crippen molar-refractivity contribution in [2.75, 3.05) is 52.6 Å². The minimum absolute atomic E-state index is 0.0128. The van der Waals surface area contributed by atoms with Crippen LogP contribution < -0.4 is 78.6 Å². The van der Waals surface area contributed by atoms with E-state index >= 15 is 0 Å². The summed E-state index contributed by atoms with van der Waals surface area (Å²) in [5.41, 5.74) is -4.64. The predicted molar refractivity (Wildman–Crippen MR) is 482 cm³/mol. The molecule has 136 heavy (non-hydrogen) atoms. The first-order valence-electron chi connectivity index (χ1n) is 42.1. The third-order valence-electron chi connectivity index (χ3n) is 21.0. The minimum atomic E-state index is -1.63. The molecule has 0 saturated heterocycles. The summed E-state index contributed by atoms with van der Waals surface area (Å²) in [6.45, 7) is -0.909. The fourth-order valence-electron chi connectivity index (χ4n) is 13.4. The number of carboxylic acids is 5. The van der Waals surface area contributed by atoms with Crippen LogP contribution in [0.3, 0.4) is 0 Å². The molecular formula is C94H91FN10O31. The van der Waals surface area contributed by atoms with Crippen molar-refractivity contribution in [1.82, 2.24) is 50.2 Å². The highest BCUT2D eigenvalue weighted by atomic mass is 19.1. The molecule has 0 radical (unpaired) electrons. The summed E-state index contributed by atoms with van der Waals surface area (Å²) in [5, 5.41) is 118. The van der Waals surface area contributed by atoms with Crippen LogP contribution in [0.1, 0.15) is 127 Å². The van der Waals surface area contributed by atoms with Gasteiger partial charge in [0.05, 0.1) is 27.6 Å². The lowest BCUT2D eigenvalue weighted by atomic mass is 10.0. The molecule has 5 aromatic heterocycles. The van der Waals surface area contributed by atoms with Gasteiger partial charge < -0.3 is 107 Å². The number of aliphatic hydroxyl groups is 1. The maximum absolute atomic E-state index is 13.8. The number of carbonyl (C=O) groups is 10. The SMILES string of the molecule is C#CCOn1c(=O)c(C(=O)NCC(=O)O)c(O)c2ccccc21.O=C(NCC[C@H](O)C(=O)O)c1c(O)c2ccccc2n(OCC2CC2)c1=O.O=C(N[C@@H](Cc1ccccc1)C(=O)O)c1c(O)c2ccccc2n(OCC2CC2)c1=O.O=C(O)CCCCNC(=O)c1c(O)c2ccccc2n(OCC2CC2)c1=O.O=C(O)CNC(=O)c1c(O)c2ccccc2n(OCc2ccccc2F)c1=O. The number of carbonyl (C=O) groups excluding carboxylic acids is 5. The number of nitrogens with one attached hydrogen (secondary N) is 5. The van der Waals surface area contributed by atoms with E-state index in [2.05, 4.69) is 21.9 Å². The molecule has 0 bridgehead atoms. The van der Waals surface area contributed by atoms with Crippen molar-refractivity contribution >= 4 is 114 Å². The number of unbranched alkanes of at least 4 members (excludes halogenated alkanes) is 1. The van der Waals surface area contributed by atoms with E-state index in [1.54, 1.807) is 133 Å². The Morgan fingerprint density at radius 3 is 1.05 bits per heavy atom. The summed E-state index contributed by atoms with van der Waals surface area (Å²) in [6, 6.07) is 45.4. The first-order valence-corrected chi connectivity index (χ1v) is 42.1. The van der Waals surface area contributed by atoms with Crippen molar-refractivity contribution in [3.8, 4) is 41.1 Å². The van der Waals surface area contributed by atoms with Gasteiger partial charge in [-0.15, -0.1) is 30.1 Å². The number of aromatic nitrogens is 5. The second-order valence-electron chi connectivity index (χ2n) is 31.0. The number of amides is 5. The number of pyridine rings is 5. The van der Waals surface area contributed by atoms with Gasteiger partial charge in [-0.05, 0) is 141 Å². The summed E-state index contributed by atoms with van der Waals surface area (Å²) < 4.78 is 18.5. The monoisotopic (exact) mass is 1870 g/mol. The Kier molecular flexibility index (Phi) is 33.6. The van der Waals surface area contributed by atoms with Crippen LogP contribution in [0.15, 0.2) is 200 Å². The number of aliphatic carboxylic acids is 5. The van der Waals surface area contributed by atoms with Gasteiger partial charge in [-0.1, -0.05) is 115 Å². The van der Waals surface area contributed by atoms with E-state index in [0.717, 1.165) is 62.2 Å². The molecule has 2 atom stereocenters. The van der Waals surface area contributed by atoms with Gasteiger partial charge in [-0.25, -0.2) is 14.0 Å². The van der Waals surface area contributed by atoms with Gasteiger partial charge in [0.1, 0.15) is 91.3 Å². The van der Waals surface area contributed by atoms with Gasteiger partial charge in [0.2, 0.25) is 0 Å². The number of nitrogens with zero attached hydrogens (tertiary/aromatic N) is 5. The fraction of sp³-hybridized carbons (Fsp3) is 0.266. The first kappa shape index (κ1) is 99.3. The topological polar surface area (TPSA) is 610 Å². The van der Waals surface area contributed by atoms with Crippen LogP contribution in [0, 0.1) is 35.9 Å². The molecule has 7 aromatic carbocycles. The standard InChI is InChI=1S/C23H22N2O6.C19H15FN2O6.C19H22N2O6.C18H20N2O7.C15H12N2O6/c26-20-16-8-4-5-9-18(16)25(31-13-15-10-11-15)22(28)19(20)21(27)24-17(23(29)30)12-14-6-2-1-3-7-14;20-13-7-3-1-5-11(13)10-28-22-14-8-4-2-6-12(14)17(25)16(19(22)27)18(26)21-9-15(23)24;22-15(23)7-3-4-10-20-18(25)16-17(24)13-5-1-2-6-14(13)21(19(16)26)27-11-12-8-9-12;21-13(18(25)26)7-8-19-16(23)14-15(22)11-3-1-2-4-12(11)20(17(14)24)27-9-10-5-6-10;1-2-7-23-17-10-6-4-3-5-9(10)13(20)12(15(17)22)14(21)16-8-11(18)19/h1-9,15,17,26H,10-13H2,(H,24,27)(H,29,30);1-8,25H,9-10H2,(H,21,26)(H,23,24);1-2,5-6,12,24H,3-4,7-11H2,(H,20,25)(H,22,23);1-4,10,13,21-22H,5-9H2,(H,19,23)(H,25,26);1,3-6,20H,7-8H2,(H,16,21)(H,18,19)/t17-;;;13-;/m0..0./s1. The van der Waals surface area contributed by atoms with Crippen molar-refractivity contribution in [3.63, 3.8) is 0 Å². The van der Waals surface area contributed by atoms with Gasteiger partial charge >= 0.3 is 29.8 Å². The summed E-state index contributed by atoms with van der Waals surface area (Å²) in [7, 11) is 0. The molecule has 3 aliphatic carbocycles. The molecule has 0 spiro atoms. The maximum Gasteiger partial charge on any atom is 0.332 e. The predicted octanol–water partition coefficient (Wildman–Crippen LogP) is 4.49. The summed E-state index contributed by atoms with van der Waals surface area (Å²) in [5.74, 6) is -10.5. The Labute approximate surface area is 766 Å². The number of rotatable bonds is 36. The Balaban J connectivity index is 0.000000164. The third-order valence-corrected chi connectivity index (χ3v) is 21.0. The van der Waals surface area contributed by atoms with Crippen LogP contribution in [0.5, 0.6) is 28.7 Å². The van der Waals surface area contributed by atoms with E-state index in [1.165, 1.54) is 42.5 Å². The van der Waals surface area contributed by atoms with Crippen LogP contribution in [-0.2, 0) is 37.0 Å². The first-order chi connectivity index (χ1) is 65.2. The molecule has 3 saturated carbocycles. The molecule has 710 valence electrons. The van der Waals surface area contributed by atoms with Crippen LogP contribution in [0.4, 0.5) is 4.39 Å². The lowest BCUT2D eigenvalue weighted by Gasteiger charge is -2.17. The van der Waals surface area contributed by atoms with Crippen molar-refractivity contribution in [2.24, 2.45) is 17.8 Å². The molecule has 41 nitrogen and oxygen atoms in total. The van der Waals surface area contributed by atoms with E-state index in [9.17, 15) is 112 Å². The van der Waals surface area contributed by atoms with E-state index in [0.29, 0.717) is 77.9 Å². The van der Waals surface area contributed by atoms with Crippen molar-refractivity contribution in [2.45, 2.75) is 89.4 Å². The summed E-state index contributed by atoms with van der Waals surface area (Å²) in [4.78, 5) is 207. The second kappa shape index (κ2) is 46.0. The number of halogens is 1. The molecule has 16 N–H and O–H groups in total. The Bertz CT molecular complexity index is 6940. The van der Waals surface area contributed by atoms with Gasteiger partial charge in [0.15, 0.2) is 29.4 Å². The van der Waals surface area contributed by atoms with Crippen LogP contribution in [0.25, 0.3) is 54.5 Å². The number of aromatic hydroxyl groups is 5. The van der Waals surface area contributed by atoms with Gasteiger partial charge in [0.25, 0.3) is 57.3 Å². The normalized spacial score (nSPS) is 12.7. The number of benzene rings is 7. The van der Waals surface area contributed by atoms with Crippen molar-refractivity contribution < 1.29 is 133 Å². The largest absolute Gasteiger partial charge is 0.506 e. The molecule has 42 heteroatoms. The average molecular weight is 1880 g/mol. The second-order valence-corrected chi connectivity index (χ2v) is 31.0. The van der Waals surface area contributed by atoms with E-state index < -0.39 is 163 Å². The summed E-state index contributed by atoms with van der Waals surface area (Å²) in [6.07, 6.45) is 10.3. The highest BCUT2D eigenvalue weighted by molar-refractivity contribution is 6.07. The maximum atomic E-state index is 13.8. The number of aliphatic hydroxyl groups excluding tert-OH is 1. The molecule has 3 fully saturated rings. The fourth-order valence-corrected chi connectivity index (χ4v) is 13.4. The lowest BCUT2D eigenvalue weighted by Crippen LogP contribution is -2.45. The van der Waals surface area contributed by atoms with E-state index in [-0.39, 0.29) is 95.0 Å². The van der Waals surface area contributed by atoms with Gasteiger partial charge in [-0.3, -0.25) is 62.3 Å². The minimum Gasteiger partial charge on any atom is -0.506 e. The number of terminal acetylenes is 1. The zero-order chi connectivity index (χ0) is 98.1. The molecule has 12 aromatic rings. The molecule has 0 aliphatic heterocycles. The molecular weight excluding hydrogens is 1780 g/mol. The molecule has 3 aliphatic rings. The summed E-state index contributed by atoms with van der Waals surface area (Å²) >= 11 is 0. The highest BCUT2D eigenvalue weighted by Crippen LogP contribution is 2.35. The highest BCUT2D eigenvalue weighted by Gasteiger charge is 2.34. The van der Waals surface area contributed by atoms with Crippen molar-refractivity contribution in [1.29, 1.82) is 0 Å². The number of carboxylic acid groups (broad SMARTS) is 5. The van der Waals surface area contributed by atoms with Crippen LogP contribution in [-0.4, -0.2) is 204 Å². The van der Waals surface area contributed by atoms with E-state index in [1.807, 2.05) is 10.6 Å². The number of fused-ring (bicyclic) bond motifs is 5. The molecule has 0 unspecified atom stereocenters. The Morgan fingerprint density at radius 1 is 0.390 bits per heavy atom. The molecule has 15 rings (SSSR count). The lowest BCUT2D eigenvalue weighted by molar-refractivity contribution is -0.147. The smallest absolute Gasteiger partial charge is 0.332 e. The average Bonchev–Trinajstić information content (AvgIpc) is 0.855. The number of hydrogen-bond acceptors (Lipinski definition) is 26. The number of hydrogen-bond donors (Lipinski definition) is 16. The zero-order valence-electron chi connectivity index (χ0n) is 72.0. The quantitative estimate of drug-likeness (QED) is 0.0190. The van der Waals surface area contributed by atoms with Crippen LogP contribution in [0.2, 0.25) is 0 Å². The Hall–Kier alpha value is -17.3. The molecule has 5 heterocycles. The van der Waals surface area contributed by atoms with Gasteiger partial charge in [0, 0.05) is 64.8 Å². The number of para-hydroxylation sites is 5. The Morgan fingerprint density at radius 2 is 0.713 bits per heavy atom. The van der Waals surface area contributed by atoms with E-state index in [4.69, 9.17) is 51.0 Å².